The lowest BCUT2D eigenvalue weighted by atomic mass is 10.1. The van der Waals surface area contributed by atoms with Crippen molar-refractivity contribution in [1.82, 2.24) is 10.4 Å². The van der Waals surface area contributed by atoms with Gasteiger partial charge in [0.15, 0.2) is 11.5 Å². The van der Waals surface area contributed by atoms with Crippen LogP contribution >= 0.6 is 0 Å². The van der Waals surface area contributed by atoms with Crippen LogP contribution in [0.4, 0.5) is 4.79 Å². The van der Waals surface area contributed by atoms with Gasteiger partial charge in [-0.3, -0.25) is 19.2 Å². The third-order valence-corrected chi connectivity index (χ3v) is 2.44. The van der Waals surface area contributed by atoms with Crippen molar-refractivity contribution in [2.75, 3.05) is 0 Å². The summed E-state index contributed by atoms with van der Waals surface area (Å²) in [5.41, 5.74) is 1.78. The second-order valence-electron chi connectivity index (χ2n) is 3.90. The van der Waals surface area contributed by atoms with Crippen molar-refractivity contribution in [3.8, 4) is 0 Å². The summed E-state index contributed by atoms with van der Waals surface area (Å²) in [6.45, 7) is 0. The van der Waals surface area contributed by atoms with Crippen LogP contribution in [0.5, 0.6) is 0 Å². The van der Waals surface area contributed by atoms with Gasteiger partial charge < -0.3 is 9.84 Å². The number of aliphatic hydroxyl groups is 1. The van der Waals surface area contributed by atoms with Crippen LogP contribution in [0, 0.1) is 0 Å². The maximum atomic E-state index is 11.4. The van der Waals surface area contributed by atoms with Crippen LogP contribution in [0.1, 0.15) is 6.42 Å². The number of hydrogen-bond acceptors (Lipinski definition) is 7. The predicted molar refractivity (Wildman–Crippen MR) is 59.3 cm³/mol. The zero-order valence-corrected chi connectivity index (χ0v) is 9.86. The minimum atomic E-state index is -1.53. The summed E-state index contributed by atoms with van der Waals surface area (Å²) >= 11 is 0. The Morgan fingerprint density at radius 3 is 2.60 bits per heavy atom. The molecule has 0 saturated carbocycles. The van der Waals surface area contributed by atoms with Crippen LogP contribution in [-0.4, -0.2) is 45.7 Å². The number of nitrogens with zero attached hydrogens (tertiary/aromatic N) is 1. The molecule has 0 bridgehead atoms. The number of ketones is 2. The number of carbonyl (C=O) groups is 5. The number of allylic oxidation sites excluding steroid dienone is 3. The smallest absolute Gasteiger partial charge is 0.405 e. The molecule has 20 heavy (non-hydrogen) atoms. The van der Waals surface area contributed by atoms with Gasteiger partial charge in [-0.2, -0.15) is 5.01 Å². The van der Waals surface area contributed by atoms with E-state index in [1.807, 2.05) is 0 Å². The minimum absolute atomic E-state index is 0.290. The molecule has 3 amide bonds. The SMILES string of the molecule is O=C1C=CC(=O)C(OC(=O)NN2C(=O)CC(O)C2=O)=C1. The van der Waals surface area contributed by atoms with Crippen molar-refractivity contribution >= 4 is 29.5 Å². The first-order valence-electron chi connectivity index (χ1n) is 5.40. The molecule has 2 rings (SSSR count). The highest BCUT2D eigenvalue weighted by Crippen LogP contribution is 2.11. The normalized spacial score (nSPS) is 22.1. The van der Waals surface area contributed by atoms with Crippen LogP contribution in [0.25, 0.3) is 0 Å². The molecular weight excluding hydrogens is 272 g/mol. The molecule has 1 unspecified atom stereocenters. The Bertz CT molecular complexity index is 590. The highest BCUT2D eigenvalue weighted by Gasteiger charge is 2.39. The largest absolute Gasteiger partial charge is 0.432 e. The molecule has 9 heteroatoms. The Morgan fingerprint density at radius 1 is 1.30 bits per heavy atom. The number of hydrazine groups is 1. The third-order valence-electron chi connectivity index (χ3n) is 2.44. The molecular formula is C11H8N2O7. The second kappa shape index (κ2) is 5.05. The van der Waals surface area contributed by atoms with E-state index in [-0.39, 0.29) is 0 Å². The molecule has 0 aromatic rings. The van der Waals surface area contributed by atoms with E-state index in [4.69, 9.17) is 5.11 Å². The average Bonchev–Trinajstić information content (AvgIpc) is 2.61. The summed E-state index contributed by atoms with van der Waals surface area (Å²) in [6, 6.07) is 0. The highest BCUT2D eigenvalue weighted by atomic mass is 16.6. The number of hydrogen-bond donors (Lipinski definition) is 2. The van der Waals surface area contributed by atoms with Crippen molar-refractivity contribution in [1.29, 1.82) is 0 Å². The van der Waals surface area contributed by atoms with Gasteiger partial charge in [-0.15, -0.1) is 0 Å². The number of ether oxygens (including phenoxy) is 1. The first kappa shape index (κ1) is 13.6. The van der Waals surface area contributed by atoms with Crippen molar-refractivity contribution in [2.45, 2.75) is 12.5 Å². The van der Waals surface area contributed by atoms with Crippen molar-refractivity contribution in [2.24, 2.45) is 0 Å². The van der Waals surface area contributed by atoms with Crippen LogP contribution in [0.3, 0.4) is 0 Å². The molecule has 0 spiro atoms. The topological polar surface area (TPSA) is 130 Å². The number of carbonyl (C=O) groups excluding carboxylic acids is 5. The first-order chi connectivity index (χ1) is 9.38. The van der Waals surface area contributed by atoms with Crippen LogP contribution in [0.15, 0.2) is 24.0 Å². The summed E-state index contributed by atoms with van der Waals surface area (Å²) in [4.78, 5) is 56.3. The summed E-state index contributed by atoms with van der Waals surface area (Å²) in [6.07, 6.45) is -0.573. The minimum Gasteiger partial charge on any atom is -0.405 e. The molecule has 1 atom stereocenters. The summed E-state index contributed by atoms with van der Waals surface area (Å²) in [5, 5.41) is 9.42. The molecule has 2 aliphatic rings. The van der Waals surface area contributed by atoms with E-state index in [1.54, 1.807) is 5.43 Å². The van der Waals surface area contributed by atoms with Crippen LogP contribution in [-0.2, 0) is 23.9 Å². The second-order valence-corrected chi connectivity index (χ2v) is 3.90. The summed E-state index contributed by atoms with van der Waals surface area (Å²) in [5.74, 6) is -3.61. The maximum Gasteiger partial charge on any atom is 0.432 e. The van der Waals surface area contributed by atoms with E-state index in [0.717, 1.165) is 18.2 Å². The van der Waals surface area contributed by atoms with Crippen LogP contribution < -0.4 is 5.43 Å². The molecule has 0 aromatic carbocycles. The third kappa shape index (κ3) is 2.62. The standard InChI is InChI=1S/C11H8N2O7/c14-5-1-2-6(15)8(3-5)20-11(19)12-13-9(17)4-7(16)10(13)18/h1-3,7,16H,4H2,(H,12,19). The quantitative estimate of drug-likeness (QED) is 0.457. The van der Waals surface area contributed by atoms with Crippen molar-refractivity contribution < 1.29 is 33.8 Å². The number of rotatable bonds is 2. The van der Waals surface area contributed by atoms with Gasteiger partial charge in [0, 0.05) is 6.08 Å². The van der Waals surface area contributed by atoms with Gasteiger partial charge in [0.25, 0.3) is 11.8 Å². The van der Waals surface area contributed by atoms with Crippen molar-refractivity contribution in [3.63, 3.8) is 0 Å². The van der Waals surface area contributed by atoms with Gasteiger partial charge in [-0.25, -0.2) is 10.2 Å². The lowest BCUT2D eigenvalue weighted by Gasteiger charge is -2.15. The Morgan fingerprint density at radius 2 is 2.00 bits per heavy atom. The number of imide groups is 1. The zero-order valence-electron chi connectivity index (χ0n) is 9.86. The first-order valence-corrected chi connectivity index (χ1v) is 5.40. The molecule has 2 N–H and O–H groups in total. The molecule has 1 saturated heterocycles. The molecule has 104 valence electrons. The fraction of sp³-hybridized carbons (Fsp3) is 0.182. The van der Waals surface area contributed by atoms with Gasteiger partial charge >= 0.3 is 6.09 Å². The van der Waals surface area contributed by atoms with E-state index >= 15 is 0 Å². The fourth-order valence-corrected chi connectivity index (χ4v) is 1.52. The van der Waals surface area contributed by atoms with Gasteiger partial charge in [0.1, 0.15) is 6.10 Å². The molecule has 0 radical (unpaired) electrons. The van der Waals surface area contributed by atoms with E-state index < -0.39 is 47.8 Å². The zero-order chi connectivity index (χ0) is 14.9. The lowest BCUT2D eigenvalue weighted by molar-refractivity contribution is -0.143. The van der Waals surface area contributed by atoms with E-state index in [2.05, 4.69) is 4.74 Å². The van der Waals surface area contributed by atoms with E-state index in [1.165, 1.54) is 0 Å². The number of amides is 3. The van der Waals surface area contributed by atoms with E-state index in [0.29, 0.717) is 5.01 Å². The van der Waals surface area contributed by atoms with Crippen LogP contribution in [0.2, 0.25) is 0 Å². The molecule has 1 aliphatic carbocycles. The van der Waals surface area contributed by atoms with Gasteiger partial charge in [0.2, 0.25) is 5.78 Å². The average molecular weight is 280 g/mol. The molecule has 9 nitrogen and oxygen atoms in total. The molecule has 1 aliphatic heterocycles. The highest BCUT2D eigenvalue weighted by molar-refractivity contribution is 6.17. The monoisotopic (exact) mass is 280 g/mol. The van der Waals surface area contributed by atoms with Crippen molar-refractivity contribution in [3.05, 3.63) is 24.0 Å². The lowest BCUT2D eigenvalue weighted by Crippen LogP contribution is -2.47. The number of nitrogens with one attached hydrogen (secondary N) is 1. The van der Waals surface area contributed by atoms with E-state index in [9.17, 15) is 24.0 Å². The molecule has 1 heterocycles. The predicted octanol–water partition coefficient (Wildman–Crippen LogP) is -1.66. The molecule has 0 aromatic heterocycles. The molecule has 1 fully saturated rings. The fourth-order valence-electron chi connectivity index (χ4n) is 1.52. The van der Waals surface area contributed by atoms with Gasteiger partial charge in [-0.05, 0) is 12.2 Å². The van der Waals surface area contributed by atoms with Gasteiger partial charge in [-0.1, -0.05) is 0 Å². The maximum absolute atomic E-state index is 11.4. The Labute approximate surface area is 111 Å². The Kier molecular flexibility index (Phi) is 3.44. The van der Waals surface area contributed by atoms with Gasteiger partial charge in [0.05, 0.1) is 6.42 Å². The number of aliphatic hydroxyl groups excluding tert-OH is 1. The summed E-state index contributed by atoms with van der Waals surface area (Å²) in [7, 11) is 0. The summed E-state index contributed by atoms with van der Waals surface area (Å²) < 4.78 is 4.53. The Balaban J connectivity index is 2.00. The Hall–Kier alpha value is -2.81.